The van der Waals surface area contributed by atoms with Crippen LogP contribution >= 0.6 is 0 Å². The summed E-state index contributed by atoms with van der Waals surface area (Å²) in [6.45, 7) is 0. The predicted molar refractivity (Wildman–Crippen MR) is 58.4 cm³/mol. The van der Waals surface area contributed by atoms with Crippen LogP contribution in [-0.4, -0.2) is 27.9 Å². The minimum absolute atomic E-state index is 0.158. The van der Waals surface area contributed by atoms with Gasteiger partial charge in [-0.3, -0.25) is 0 Å². The van der Waals surface area contributed by atoms with Gasteiger partial charge in [-0.1, -0.05) is 30.3 Å². The molecule has 1 aromatic rings. The Bertz CT molecular complexity index is 491. The Morgan fingerprint density at radius 3 is 2.22 bits per heavy atom. The summed E-state index contributed by atoms with van der Waals surface area (Å²) in [5.74, 6) is -5.90. The average Bonchev–Trinajstić information content (AvgIpc) is 2.76. The highest BCUT2D eigenvalue weighted by Gasteiger charge is 2.55. The number of benzene rings is 1. The number of hydrogen-bond donors (Lipinski definition) is 2. The van der Waals surface area contributed by atoms with Crippen LogP contribution in [0, 0.1) is 0 Å². The number of ether oxygens (including phenoxy) is 2. The van der Waals surface area contributed by atoms with Crippen molar-refractivity contribution in [3.63, 3.8) is 0 Å². The highest BCUT2D eigenvalue weighted by Crippen LogP contribution is 2.28. The third-order valence-corrected chi connectivity index (χ3v) is 2.42. The average molecular weight is 250 g/mol. The summed E-state index contributed by atoms with van der Waals surface area (Å²) < 4.78 is 9.58. The second-order valence-corrected chi connectivity index (χ2v) is 3.69. The van der Waals surface area contributed by atoms with Crippen molar-refractivity contribution < 1.29 is 29.3 Å². The summed E-state index contributed by atoms with van der Waals surface area (Å²) in [6.07, 6.45) is 1.29. The molecule has 6 nitrogen and oxygen atoms in total. The second-order valence-electron chi connectivity index (χ2n) is 3.69. The van der Waals surface area contributed by atoms with Gasteiger partial charge in [0.25, 0.3) is 0 Å². The molecule has 0 amide bonds. The van der Waals surface area contributed by atoms with Crippen LogP contribution in [0.25, 0.3) is 0 Å². The van der Waals surface area contributed by atoms with Gasteiger partial charge in [0.05, 0.1) is 0 Å². The molecule has 0 saturated carbocycles. The van der Waals surface area contributed by atoms with Gasteiger partial charge in [-0.15, -0.1) is 0 Å². The van der Waals surface area contributed by atoms with Gasteiger partial charge >= 0.3 is 17.7 Å². The van der Waals surface area contributed by atoms with E-state index in [4.69, 9.17) is 14.9 Å². The van der Waals surface area contributed by atoms with Gasteiger partial charge in [-0.05, 0) is 5.56 Å². The van der Waals surface area contributed by atoms with E-state index in [0.29, 0.717) is 0 Å². The zero-order chi connectivity index (χ0) is 13.2. The molecule has 0 spiro atoms. The standard InChI is InChI=1S/C12H10O6/c13-10(14)12(11(15)16)17-7-9(18-12)6-8-4-2-1-3-5-8/h1-5,7H,6H2,(H,13,14)(H,15,16). The van der Waals surface area contributed by atoms with Gasteiger partial charge in [-0.2, -0.15) is 0 Å². The van der Waals surface area contributed by atoms with Crippen LogP contribution in [0.2, 0.25) is 0 Å². The first-order chi connectivity index (χ1) is 8.54. The fourth-order valence-corrected chi connectivity index (χ4v) is 1.54. The van der Waals surface area contributed by atoms with Gasteiger partial charge in [0.1, 0.15) is 12.0 Å². The van der Waals surface area contributed by atoms with E-state index in [2.05, 4.69) is 4.74 Å². The van der Waals surface area contributed by atoms with E-state index in [0.717, 1.165) is 11.8 Å². The lowest BCUT2D eigenvalue weighted by molar-refractivity contribution is -0.211. The molecular weight excluding hydrogens is 240 g/mol. The van der Waals surface area contributed by atoms with Gasteiger partial charge in [0.15, 0.2) is 0 Å². The third-order valence-electron chi connectivity index (χ3n) is 2.42. The van der Waals surface area contributed by atoms with Crippen molar-refractivity contribution in [2.24, 2.45) is 0 Å². The van der Waals surface area contributed by atoms with Crippen molar-refractivity contribution in [1.29, 1.82) is 0 Å². The Labute approximate surface area is 102 Å². The molecule has 0 unspecified atom stereocenters. The van der Waals surface area contributed by atoms with E-state index >= 15 is 0 Å². The molecule has 1 aliphatic rings. The molecule has 0 radical (unpaired) electrons. The number of allylic oxidation sites excluding steroid dienone is 1. The molecule has 0 atom stereocenters. The second kappa shape index (κ2) is 4.40. The minimum atomic E-state index is -2.66. The highest BCUT2D eigenvalue weighted by molar-refractivity contribution is 6.00. The van der Waals surface area contributed by atoms with Crippen LogP contribution in [0.4, 0.5) is 0 Å². The SMILES string of the molecule is O=C(O)C1(C(=O)O)OC=C(Cc2ccccc2)O1. The molecule has 1 aliphatic heterocycles. The Morgan fingerprint density at radius 2 is 1.72 bits per heavy atom. The molecule has 0 aliphatic carbocycles. The summed E-state index contributed by atoms with van der Waals surface area (Å²) >= 11 is 0. The number of carboxylic acid groups (broad SMARTS) is 2. The van der Waals surface area contributed by atoms with E-state index < -0.39 is 17.7 Å². The number of hydrogen-bond acceptors (Lipinski definition) is 4. The first-order valence-electron chi connectivity index (χ1n) is 5.11. The Balaban J connectivity index is 2.12. The number of carbonyl (C=O) groups is 2. The summed E-state index contributed by atoms with van der Waals surface area (Å²) in [4.78, 5) is 21.8. The van der Waals surface area contributed by atoms with Gasteiger partial charge in [0, 0.05) is 6.42 Å². The smallest absolute Gasteiger partial charge is 0.452 e. The van der Waals surface area contributed by atoms with Gasteiger partial charge < -0.3 is 19.7 Å². The monoisotopic (exact) mass is 250 g/mol. The first kappa shape index (κ1) is 12.0. The summed E-state index contributed by atoms with van der Waals surface area (Å²) in [5.41, 5.74) is 0.860. The van der Waals surface area contributed by atoms with Crippen molar-refractivity contribution in [1.82, 2.24) is 0 Å². The summed E-state index contributed by atoms with van der Waals surface area (Å²) in [7, 11) is 0. The summed E-state index contributed by atoms with van der Waals surface area (Å²) in [6, 6.07) is 9.08. The maximum Gasteiger partial charge on any atom is 0.452 e. The van der Waals surface area contributed by atoms with E-state index in [-0.39, 0.29) is 12.2 Å². The zero-order valence-electron chi connectivity index (χ0n) is 9.20. The van der Waals surface area contributed by atoms with Crippen LogP contribution in [0.3, 0.4) is 0 Å². The Kier molecular flexibility index (Phi) is 2.93. The van der Waals surface area contributed by atoms with Crippen molar-refractivity contribution >= 4 is 11.9 Å². The molecule has 0 bridgehead atoms. The largest absolute Gasteiger partial charge is 0.475 e. The quantitative estimate of drug-likeness (QED) is 0.774. The molecule has 2 rings (SSSR count). The number of aliphatic carboxylic acids is 2. The molecule has 1 aromatic carbocycles. The van der Waals surface area contributed by atoms with E-state index in [1.807, 2.05) is 30.3 Å². The van der Waals surface area contributed by atoms with Gasteiger partial charge in [0.2, 0.25) is 0 Å². The van der Waals surface area contributed by atoms with E-state index in [1.165, 1.54) is 0 Å². The van der Waals surface area contributed by atoms with Crippen LogP contribution in [0.15, 0.2) is 42.4 Å². The third kappa shape index (κ3) is 2.00. The lowest BCUT2D eigenvalue weighted by Crippen LogP contribution is -2.48. The fraction of sp³-hybridized carbons (Fsp3) is 0.167. The molecule has 1 heterocycles. The van der Waals surface area contributed by atoms with E-state index in [9.17, 15) is 9.59 Å². The van der Waals surface area contributed by atoms with Crippen LogP contribution in [0.1, 0.15) is 5.56 Å². The number of rotatable bonds is 4. The number of carboxylic acids is 2. The van der Waals surface area contributed by atoms with Crippen molar-refractivity contribution in [2.45, 2.75) is 12.2 Å². The van der Waals surface area contributed by atoms with Crippen molar-refractivity contribution in [3.8, 4) is 0 Å². The molecular formula is C12H10O6. The molecule has 6 heteroatoms. The lowest BCUT2D eigenvalue weighted by atomic mass is 10.1. The predicted octanol–water partition coefficient (Wildman–Crippen LogP) is 0.983. The van der Waals surface area contributed by atoms with E-state index in [1.54, 1.807) is 0 Å². The maximum absolute atomic E-state index is 10.9. The maximum atomic E-state index is 10.9. The highest BCUT2D eigenvalue weighted by atomic mass is 16.8. The first-order valence-corrected chi connectivity index (χ1v) is 5.11. The van der Waals surface area contributed by atoms with Crippen molar-refractivity contribution in [2.75, 3.05) is 0 Å². The summed E-state index contributed by atoms with van der Waals surface area (Å²) in [5, 5.41) is 17.7. The van der Waals surface area contributed by atoms with Crippen LogP contribution in [0.5, 0.6) is 0 Å². The zero-order valence-corrected chi connectivity index (χ0v) is 9.20. The molecule has 0 fully saturated rings. The lowest BCUT2D eigenvalue weighted by Gasteiger charge is -2.18. The molecule has 0 saturated heterocycles. The fourth-order valence-electron chi connectivity index (χ4n) is 1.54. The van der Waals surface area contributed by atoms with Crippen molar-refractivity contribution in [3.05, 3.63) is 47.9 Å². The van der Waals surface area contributed by atoms with Gasteiger partial charge in [-0.25, -0.2) is 9.59 Å². The molecule has 18 heavy (non-hydrogen) atoms. The topological polar surface area (TPSA) is 93.1 Å². The molecule has 94 valence electrons. The molecule has 0 aromatic heterocycles. The minimum Gasteiger partial charge on any atom is -0.475 e. The van der Waals surface area contributed by atoms with Crippen LogP contribution in [-0.2, 0) is 25.5 Å². The molecule has 2 N–H and O–H groups in total. The van der Waals surface area contributed by atoms with Crippen LogP contribution < -0.4 is 0 Å². The normalized spacial score (nSPS) is 16.3. The Hall–Kier alpha value is -2.50. The Morgan fingerprint density at radius 1 is 1.11 bits per heavy atom.